The summed E-state index contributed by atoms with van der Waals surface area (Å²) < 4.78 is 12.6. The predicted molar refractivity (Wildman–Crippen MR) is 56.9 cm³/mol. The molecule has 1 N–H and O–H groups in total. The SMILES string of the molecule is N#CC1(C(=O)Nc2ccc(F)cc2)CCC1. The third kappa shape index (κ3) is 1.76. The van der Waals surface area contributed by atoms with Crippen LogP contribution in [0.15, 0.2) is 24.3 Å². The molecule has 0 bridgehead atoms. The lowest BCUT2D eigenvalue weighted by Gasteiger charge is -2.33. The number of rotatable bonds is 2. The summed E-state index contributed by atoms with van der Waals surface area (Å²) in [7, 11) is 0. The number of halogens is 1. The van der Waals surface area contributed by atoms with Crippen molar-refractivity contribution in [2.45, 2.75) is 19.3 Å². The summed E-state index contributed by atoms with van der Waals surface area (Å²) in [4.78, 5) is 11.8. The van der Waals surface area contributed by atoms with Crippen molar-refractivity contribution >= 4 is 11.6 Å². The van der Waals surface area contributed by atoms with Gasteiger partial charge < -0.3 is 5.32 Å². The zero-order chi connectivity index (χ0) is 11.6. The van der Waals surface area contributed by atoms with E-state index in [1.165, 1.54) is 24.3 Å². The van der Waals surface area contributed by atoms with Crippen molar-refractivity contribution < 1.29 is 9.18 Å². The number of hydrogen-bond acceptors (Lipinski definition) is 2. The molecular formula is C12H11FN2O. The molecule has 1 aromatic carbocycles. The molecule has 0 aromatic heterocycles. The van der Waals surface area contributed by atoms with Crippen LogP contribution in [0.3, 0.4) is 0 Å². The molecule has 0 aliphatic heterocycles. The molecule has 1 fully saturated rings. The van der Waals surface area contributed by atoms with E-state index in [4.69, 9.17) is 5.26 Å². The Hall–Kier alpha value is -1.89. The molecule has 0 atom stereocenters. The Morgan fingerprint density at radius 1 is 1.38 bits per heavy atom. The first-order valence-corrected chi connectivity index (χ1v) is 5.15. The third-order valence-electron chi connectivity index (χ3n) is 2.96. The standard InChI is InChI=1S/C12H11FN2O/c13-9-2-4-10(5-3-9)15-11(16)12(8-14)6-1-7-12/h2-5H,1,6-7H2,(H,15,16). The van der Waals surface area contributed by atoms with Gasteiger partial charge in [-0.05, 0) is 43.5 Å². The highest BCUT2D eigenvalue weighted by Gasteiger charge is 2.44. The molecule has 0 spiro atoms. The minimum absolute atomic E-state index is 0.284. The molecule has 3 nitrogen and oxygen atoms in total. The fourth-order valence-electron chi connectivity index (χ4n) is 1.70. The van der Waals surface area contributed by atoms with Gasteiger partial charge in [0.05, 0.1) is 6.07 Å². The number of hydrogen-bond donors (Lipinski definition) is 1. The van der Waals surface area contributed by atoms with Gasteiger partial charge in [-0.2, -0.15) is 5.26 Å². The normalized spacial score (nSPS) is 17.0. The van der Waals surface area contributed by atoms with E-state index in [-0.39, 0.29) is 11.7 Å². The van der Waals surface area contributed by atoms with Crippen molar-refractivity contribution in [2.75, 3.05) is 5.32 Å². The minimum Gasteiger partial charge on any atom is -0.325 e. The second kappa shape index (κ2) is 3.93. The van der Waals surface area contributed by atoms with Crippen molar-refractivity contribution in [3.63, 3.8) is 0 Å². The highest BCUT2D eigenvalue weighted by atomic mass is 19.1. The first-order valence-electron chi connectivity index (χ1n) is 5.15. The van der Waals surface area contributed by atoms with E-state index in [9.17, 15) is 9.18 Å². The average Bonchev–Trinajstić information content (AvgIpc) is 2.21. The van der Waals surface area contributed by atoms with Gasteiger partial charge in [-0.3, -0.25) is 4.79 Å². The number of nitrogens with one attached hydrogen (secondary N) is 1. The summed E-state index contributed by atoms with van der Waals surface area (Å²) in [6.07, 6.45) is 2.12. The van der Waals surface area contributed by atoms with Gasteiger partial charge in [0, 0.05) is 5.69 Å². The van der Waals surface area contributed by atoms with Crippen LogP contribution in [0.4, 0.5) is 10.1 Å². The summed E-state index contributed by atoms with van der Waals surface area (Å²) in [5.74, 6) is -0.635. The van der Waals surface area contributed by atoms with E-state index in [0.29, 0.717) is 18.5 Å². The maximum Gasteiger partial charge on any atom is 0.244 e. The number of anilines is 1. The van der Waals surface area contributed by atoms with Gasteiger partial charge in [0.1, 0.15) is 11.2 Å². The Balaban J connectivity index is 2.08. The molecule has 16 heavy (non-hydrogen) atoms. The summed E-state index contributed by atoms with van der Waals surface area (Å²) in [5.41, 5.74) is -0.345. The summed E-state index contributed by atoms with van der Waals surface area (Å²) in [5, 5.41) is 11.6. The molecule has 2 rings (SSSR count). The Bertz CT molecular complexity index is 443. The highest BCUT2D eigenvalue weighted by Crippen LogP contribution is 2.41. The molecule has 0 radical (unpaired) electrons. The van der Waals surface area contributed by atoms with Gasteiger partial charge in [0.15, 0.2) is 0 Å². The van der Waals surface area contributed by atoms with Gasteiger partial charge in [-0.15, -0.1) is 0 Å². The first kappa shape index (κ1) is 10.6. The van der Waals surface area contributed by atoms with E-state index in [2.05, 4.69) is 11.4 Å². The number of benzene rings is 1. The smallest absolute Gasteiger partial charge is 0.244 e. The fourth-order valence-corrected chi connectivity index (χ4v) is 1.70. The van der Waals surface area contributed by atoms with Crippen molar-refractivity contribution in [3.8, 4) is 6.07 Å². The molecule has 1 amide bonds. The third-order valence-corrected chi connectivity index (χ3v) is 2.96. The number of nitrogens with zero attached hydrogens (tertiary/aromatic N) is 1. The van der Waals surface area contributed by atoms with Gasteiger partial charge in [0.2, 0.25) is 5.91 Å². The topological polar surface area (TPSA) is 52.9 Å². The van der Waals surface area contributed by atoms with Crippen LogP contribution in [0.25, 0.3) is 0 Å². The Kier molecular flexibility index (Phi) is 2.61. The van der Waals surface area contributed by atoms with Crippen molar-refractivity contribution in [1.29, 1.82) is 5.26 Å². The minimum atomic E-state index is -0.867. The lowest BCUT2D eigenvalue weighted by Crippen LogP contribution is -2.40. The Morgan fingerprint density at radius 3 is 2.44 bits per heavy atom. The molecule has 1 aromatic rings. The lowest BCUT2D eigenvalue weighted by molar-refractivity contribution is -0.126. The van der Waals surface area contributed by atoms with Crippen LogP contribution < -0.4 is 5.32 Å². The van der Waals surface area contributed by atoms with Crippen LogP contribution >= 0.6 is 0 Å². The van der Waals surface area contributed by atoms with Crippen LogP contribution in [-0.2, 0) is 4.79 Å². The number of amides is 1. The van der Waals surface area contributed by atoms with Crippen LogP contribution in [0.2, 0.25) is 0 Å². The maximum atomic E-state index is 12.6. The van der Waals surface area contributed by atoms with E-state index in [1.807, 2.05) is 0 Å². The summed E-state index contributed by atoms with van der Waals surface area (Å²) in [6, 6.07) is 7.57. The van der Waals surface area contributed by atoms with Gasteiger partial charge in [0.25, 0.3) is 0 Å². The van der Waals surface area contributed by atoms with Crippen LogP contribution in [0.5, 0.6) is 0 Å². The van der Waals surface area contributed by atoms with Crippen molar-refractivity contribution in [2.24, 2.45) is 5.41 Å². The quantitative estimate of drug-likeness (QED) is 0.828. The molecule has 4 heteroatoms. The number of carbonyl (C=O) groups is 1. The molecule has 0 unspecified atom stereocenters. The summed E-state index contributed by atoms with van der Waals surface area (Å²) in [6.45, 7) is 0. The molecule has 0 heterocycles. The Labute approximate surface area is 92.9 Å². The number of carbonyl (C=O) groups excluding carboxylic acids is 1. The molecular weight excluding hydrogens is 207 g/mol. The van der Waals surface area contributed by atoms with Crippen molar-refractivity contribution in [1.82, 2.24) is 0 Å². The summed E-state index contributed by atoms with van der Waals surface area (Å²) >= 11 is 0. The second-order valence-electron chi connectivity index (χ2n) is 4.01. The van der Waals surface area contributed by atoms with Gasteiger partial charge in [-0.1, -0.05) is 0 Å². The fraction of sp³-hybridized carbons (Fsp3) is 0.333. The monoisotopic (exact) mass is 218 g/mol. The second-order valence-corrected chi connectivity index (χ2v) is 4.01. The molecule has 1 aliphatic rings. The van der Waals surface area contributed by atoms with Crippen LogP contribution in [-0.4, -0.2) is 5.91 Å². The lowest BCUT2D eigenvalue weighted by atomic mass is 9.69. The first-order chi connectivity index (χ1) is 7.66. The molecule has 82 valence electrons. The molecule has 1 aliphatic carbocycles. The molecule has 0 saturated heterocycles. The van der Waals surface area contributed by atoms with Gasteiger partial charge >= 0.3 is 0 Å². The average molecular weight is 218 g/mol. The van der Waals surface area contributed by atoms with Crippen LogP contribution in [0, 0.1) is 22.6 Å². The van der Waals surface area contributed by atoms with Crippen molar-refractivity contribution in [3.05, 3.63) is 30.1 Å². The van der Waals surface area contributed by atoms with E-state index in [0.717, 1.165) is 6.42 Å². The van der Waals surface area contributed by atoms with E-state index >= 15 is 0 Å². The highest BCUT2D eigenvalue weighted by molar-refractivity contribution is 5.97. The number of nitriles is 1. The van der Waals surface area contributed by atoms with E-state index < -0.39 is 5.41 Å². The van der Waals surface area contributed by atoms with Crippen LogP contribution in [0.1, 0.15) is 19.3 Å². The predicted octanol–water partition coefficient (Wildman–Crippen LogP) is 2.46. The molecule has 1 saturated carbocycles. The van der Waals surface area contributed by atoms with E-state index in [1.54, 1.807) is 0 Å². The largest absolute Gasteiger partial charge is 0.325 e. The zero-order valence-electron chi connectivity index (χ0n) is 8.66. The Morgan fingerprint density at radius 2 is 2.00 bits per heavy atom. The van der Waals surface area contributed by atoms with Gasteiger partial charge in [-0.25, -0.2) is 4.39 Å². The zero-order valence-corrected chi connectivity index (χ0v) is 8.66. The maximum absolute atomic E-state index is 12.6.